The molecule has 0 saturated heterocycles. The Morgan fingerprint density at radius 3 is 2.71 bits per heavy atom. The molecule has 0 fully saturated rings. The molecule has 1 aromatic carbocycles. The Balaban J connectivity index is 1.90. The molecular formula is C13H6Cl3N3OS. The summed E-state index contributed by atoms with van der Waals surface area (Å²) in [4.78, 5) is 20.4. The van der Waals surface area contributed by atoms with E-state index >= 15 is 0 Å². The van der Waals surface area contributed by atoms with Gasteiger partial charge in [-0.2, -0.15) is 0 Å². The summed E-state index contributed by atoms with van der Waals surface area (Å²) < 4.78 is 0.878. The summed E-state index contributed by atoms with van der Waals surface area (Å²) in [6.45, 7) is 0. The fourth-order valence-electron chi connectivity index (χ4n) is 1.69. The maximum atomic E-state index is 12.2. The quantitative estimate of drug-likeness (QED) is 0.663. The molecule has 0 saturated carbocycles. The van der Waals surface area contributed by atoms with E-state index in [1.54, 1.807) is 18.2 Å². The second kappa shape index (κ2) is 5.77. The summed E-state index contributed by atoms with van der Waals surface area (Å²) in [6, 6.07) is 8.35. The molecule has 0 radical (unpaired) electrons. The monoisotopic (exact) mass is 357 g/mol. The van der Waals surface area contributed by atoms with Crippen LogP contribution in [0.15, 0.2) is 30.3 Å². The van der Waals surface area contributed by atoms with E-state index in [2.05, 4.69) is 15.3 Å². The van der Waals surface area contributed by atoms with Gasteiger partial charge in [-0.05, 0) is 30.3 Å². The van der Waals surface area contributed by atoms with Crippen LogP contribution in [-0.4, -0.2) is 15.9 Å². The molecule has 1 amide bonds. The van der Waals surface area contributed by atoms with Crippen molar-refractivity contribution >= 4 is 67.4 Å². The largest absolute Gasteiger partial charge is 0.296 e. The molecule has 0 aliphatic carbocycles. The average Bonchev–Trinajstić information content (AvgIpc) is 2.82. The Morgan fingerprint density at radius 1 is 1.10 bits per heavy atom. The number of halogens is 3. The minimum Gasteiger partial charge on any atom is -0.296 e. The number of carbonyl (C=O) groups is 1. The zero-order chi connectivity index (χ0) is 15.0. The Labute approximate surface area is 138 Å². The molecular weight excluding hydrogens is 353 g/mol. The van der Waals surface area contributed by atoms with Crippen LogP contribution in [0.4, 0.5) is 5.13 Å². The topological polar surface area (TPSA) is 54.9 Å². The third-order valence-corrected chi connectivity index (χ3v) is 4.28. The molecule has 3 rings (SSSR count). The van der Waals surface area contributed by atoms with E-state index in [1.807, 2.05) is 0 Å². The maximum absolute atomic E-state index is 12.2. The second-order valence-corrected chi connectivity index (χ2v) is 6.31. The van der Waals surface area contributed by atoms with Crippen molar-refractivity contribution < 1.29 is 4.79 Å². The van der Waals surface area contributed by atoms with Crippen molar-refractivity contribution in [3.8, 4) is 0 Å². The van der Waals surface area contributed by atoms with Gasteiger partial charge in [-0.3, -0.25) is 10.1 Å². The zero-order valence-electron chi connectivity index (χ0n) is 10.2. The van der Waals surface area contributed by atoms with E-state index in [-0.39, 0.29) is 15.9 Å². The van der Waals surface area contributed by atoms with Gasteiger partial charge < -0.3 is 0 Å². The number of pyridine rings is 1. The van der Waals surface area contributed by atoms with E-state index in [0.717, 1.165) is 10.2 Å². The molecule has 0 aliphatic rings. The van der Waals surface area contributed by atoms with Crippen LogP contribution in [0.5, 0.6) is 0 Å². The number of nitrogens with zero attached hydrogens (tertiary/aromatic N) is 2. The predicted molar refractivity (Wildman–Crippen MR) is 86.8 cm³/mol. The average molecular weight is 359 g/mol. The Hall–Kier alpha value is -1.40. The van der Waals surface area contributed by atoms with Crippen LogP contribution in [-0.2, 0) is 0 Å². The number of anilines is 1. The number of aromatic nitrogens is 2. The van der Waals surface area contributed by atoms with Gasteiger partial charge in [-0.15, -0.1) is 0 Å². The number of hydrogen-bond donors (Lipinski definition) is 1. The van der Waals surface area contributed by atoms with Crippen molar-refractivity contribution in [3.05, 3.63) is 51.2 Å². The number of benzene rings is 1. The predicted octanol–water partition coefficient (Wildman–Crippen LogP) is 4.90. The fourth-order valence-corrected chi connectivity index (χ4v) is 3.16. The number of thiazole rings is 1. The minimum atomic E-state index is -0.465. The van der Waals surface area contributed by atoms with Crippen molar-refractivity contribution in [1.29, 1.82) is 0 Å². The van der Waals surface area contributed by atoms with Crippen molar-refractivity contribution in [2.45, 2.75) is 0 Å². The molecule has 8 heteroatoms. The number of amides is 1. The van der Waals surface area contributed by atoms with Gasteiger partial charge in [0.1, 0.15) is 10.8 Å². The number of hydrogen-bond acceptors (Lipinski definition) is 4. The Kier molecular flexibility index (Phi) is 3.99. The summed E-state index contributed by atoms with van der Waals surface area (Å²) in [5.41, 5.74) is 0.811. The molecule has 0 unspecified atom stereocenters. The van der Waals surface area contributed by atoms with Crippen LogP contribution in [0.1, 0.15) is 10.5 Å². The third-order valence-electron chi connectivity index (χ3n) is 2.60. The van der Waals surface area contributed by atoms with E-state index in [0.29, 0.717) is 10.2 Å². The highest BCUT2D eigenvalue weighted by molar-refractivity contribution is 7.22. The molecule has 0 spiro atoms. The highest BCUT2D eigenvalue weighted by atomic mass is 35.5. The van der Waals surface area contributed by atoms with Crippen LogP contribution in [0, 0.1) is 0 Å². The molecule has 0 atom stereocenters. The molecule has 2 aromatic heterocycles. The summed E-state index contributed by atoms with van der Waals surface area (Å²) in [5, 5.41) is 4.13. The smallest absolute Gasteiger partial charge is 0.277 e. The minimum absolute atomic E-state index is 0.0569. The Bertz CT molecular complexity index is 850. The first-order chi connectivity index (χ1) is 10.0. The van der Waals surface area contributed by atoms with Crippen molar-refractivity contribution in [2.24, 2.45) is 0 Å². The van der Waals surface area contributed by atoms with E-state index < -0.39 is 5.91 Å². The SMILES string of the molecule is O=C(Nc1nc2ccc(Cl)cc2s1)c1nc(Cl)ccc1Cl. The number of rotatable bonds is 2. The standard InChI is InChI=1S/C13H6Cl3N3OS/c14-6-1-3-8-9(5-6)21-13(17-8)19-12(20)11-7(15)2-4-10(16)18-11/h1-5H,(H,17,19,20). The maximum Gasteiger partial charge on any atom is 0.277 e. The lowest BCUT2D eigenvalue weighted by Crippen LogP contribution is -2.14. The van der Waals surface area contributed by atoms with Gasteiger partial charge in [0.2, 0.25) is 0 Å². The van der Waals surface area contributed by atoms with Crippen LogP contribution in [0.25, 0.3) is 10.2 Å². The van der Waals surface area contributed by atoms with Gasteiger partial charge in [0.25, 0.3) is 5.91 Å². The van der Waals surface area contributed by atoms with Crippen molar-refractivity contribution in [2.75, 3.05) is 5.32 Å². The lowest BCUT2D eigenvalue weighted by atomic mass is 10.3. The van der Waals surface area contributed by atoms with Gasteiger partial charge in [0, 0.05) is 5.02 Å². The number of carbonyl (C=O) groups excluding carboxylic acids is 1. The van der Waals surface area contributed by atoms with Crippen LogP contribution < -0.4 is 5.32 Å². The van der Waals surface area contributed by atoms with Crippen molar-refractivity contribution in [3.63, 3.8) is 0 Å². The zero-order valence-corrected chi connectivity index (χ0v) is 13.3. The molecule has 21 heavy (non-hydrogen) atoms. The molecule has 1 N–H and O–H groups in total. The second-order valence-electron chi connectivity index (χ2n) is 4.05. The first-order valence-electron chi connectivity index (χ1n) is 5.72. The highest BCUT2D eigenvalue weighted by Gasteiger charge is 2.15. The van der Waals surface area contributed by atoms with Gasteiger partial charge in [-0.1, -0.05) is 46.1 Å². The van der Waals surface area contributed by atoms with Crippen LogP contribution in [0.2, 0.25) is 15.2 Å². The number of fused-ring (bicyclic) bond motifs is 1. The lowest BCUT2D eigenvalue weighted by molar-refractivity contribution is 0.102. The molecule has 0 bridgehead atoms. The van der Waals surface area contributed by atoms with Crippen molar-refractivity contribution in [1.82, 2.24) is 9.97 Å². The molecule has 106 valence electrons. The first-order valence-corrected chi connectivity index (χ1v) is 7.67. The number of nitrogens with one attached hydrogen (secondary N) is 1. The molecule has 2 heterocycles. The summed E-state index contributed by atoms with van der Waals surface area (Å²) >= 11 is 18.9. The van der Waals surface area contributed by atoms with Gasteiger partial charge in [0.15, 0.2) is 5.13 Å². The summed E-state index contributed by atoms with van der Waals surface area (Å²) in [6.07, 6.45) is 0. The highest BCUT2D eigenvalue weighted by Crippen LogP contribution is 2.29. The van der Waals surface area contributed by atoms with Crippen LogP contribution >= 0.6 is 46.1 Å². The van der Waals surface area contributed by atoms with Crippen LogP contribution in [0.3, 0.4) is 0 Å². The van der Waals surface area contributed by atoms with E-state index in [4.69, 9.17) is 34.8 Å². The summed E-state index contributed by atoms with van der Waals surface area (Å²) in [5.74, 6) is -0.465. The summed E-state index contributed by atoms with van der Waals surface area (Å²) in [7, 11) is 0. The lowest BCUT2D eigenvalue weighted by Gasteiger charge is -2.03. The normalized spacial score (nSPS) is 10.8. The fraction of sp³-hybridized carbons (Fsp3) is 0. The molecule has 4 nitrogen and oxygen atoms in total. The first kappa shape index (κ1) is 14.5. The Morgan fingerprint density at radius 2 is 1.90 bits per heavy atom. The van der Waals surface area contributed by atoms with Gasteiger partial charge >= 0.3 is 0 Å². The van der Waals surface area contributed by atoms with E-state index in [9.17, 15) is 4.79 Å². The molecule has 0 aliphatic heterocycles. The third kappa shape index (κ3) is 3.11. The van der Waals surface area contributed by atoms with E-state index in [1.165, 1.54) is 23.5 Å². The van der Waals surface area contributed by atoms with Gasteiger partial charge in [0.05, 0.1) is 15.2 Å². The molecule has 3 aromatic rings. The van der Waals surface area contributed by atoms with Gasteiger partial charge in [-0.25, -0.2) is 9.97 Å².